The maximum absolute atomic E-state index is 4.45. The van der Waals surface area contributed by atoms with Gasteiger partial charge < -0.3 is 5.32 Å². The summed E-state index contributed by atoms with van der Waals surface area (Å²) in [6.07, 6.45) is 9.18. The molecular formula is C14H17N3S. The third-order valence-electron chi connectivity index (χ3n) is 3.36. The van der Waals surface area contributed by atoms with Crippen LogP contribution in [-0.2, 0) is 6.54 Å². The maximum atomic E-state index is 4.45. The van der Waals surface area contributed by atoms with Crippen LogP contribution in [0.15, 0.2) is 30.6 Å². The molecule has 1 fully saturated rings. The van der Waals surface area contributed by atoms with Crippen LogP contribution in [0, 0.1) is 0 Å². The molecule has 0 aliphatic heterocycles. The second-order valence-electron chi connectivity index (χ2n) is 4.71. The molecule has 2 heterocycles. The van der Waals surface area contributed by atoms with Crippen molar-refractivity contribution >= 4 is 11.3 Å². The fraction of sp³-hybridized carbons (Fsp3) is 0.429. The number of pyridine rings is 1. The molecule has 3 nitrogen and oxygen atoms in total. The molecule has 0 unspecified atom stereocenters. The highest BCUT2D eigenvalue weighted by molar-refractivity contribution is 7.14. The zero-order valence-corrected chi connectivity index (χ0v) is 11.1. The van der Waals surface area contributed by atoms with Crippen molar-refractivity contribution in [3.63, 3.8) is 0 Å². The molecule has 2 aromatic rings. The van der Waals surface area contributed by atoms with E-state index in [1.54, 1.807) is 11.3 Å². The van der Waals surface area contributed by atoms with Gasteiger partial charge in [0.25, 0.3) is 0 Å². The number of aromatic nitrogens is 2. The summed E-state index contributed by atoms with van der Waals surface area (Å²) >= 11 is 1.73. The van der Waals surface area contributed by atoms with E-state index < -0.39 is 0 Å². The number of rotatable bonds is 4. The fourth-order valence-corrected chi connectivity index (χ4v) is 3.21. The first-order valence-corrected chi connectivity index (χ1v) is 7.33. The van der Waals surface area contributed by atoms with Gasteiger partial charge in [-0.2, -0.15) is 0 Å². The lowest BCUT2D eigenvalue weighted by atomic mass is 10.2. The molecule has 1 N–H and O–H groups in total. The first-order chi connectivity index (χ1) is 8.92. The smallest absolute Gasteiger partial charge is 0.142 e. The third kappa shape index (κ3) is 2.76. The highest BCUT2D eigenvalue weighted by Crippen LogP contribution is 2.24. The Balaban J connectivity index is 1.63. The van der Waals surface area contributed by atoms with Crippen LogP contribution in [0.25, 0.3) is 10.7 Å². The lowest BCUT2D eigenvalue weighted by molar-refractivity contribution is 0.527. The van der Waals surface area contributed by atoms with Crippen LogP contribution < -0.4 is 5.32 Å². The first kappa shape index (κ1) is 11.8. The fourth-order valence-electron chi connectivity index (χ4n) is 2.37. The molecule has 3 rings (SSSR count). The molecule has 0 amide bonds. The molecule has 0 saturated heterocycles. The highest BCUT2D eigenvalue weighted by atomic mass is 32.1. The number of hydrogen-bond acceptors (Lipinski definition) is 4. The molecule has 4 heteroatoms. The Bertz CT molecular complexity index is 489. The molecule has 0 radical (unpaired) electrons. The Labute approximate surface area is 111 Å². The highest BCUT2D eigenvalue weighted by Gasteiger charge is 2.14. The molecule has 18 heavy (non-hydrogen) atoms. The van der Waals surface area contributed by atoms with Gasteiger partial charge in [0.05, 0.1) is 5.69 Å². The quantitative estimate of drug-likeness (QED) is 0.916. The molecule has 0 spiro atoms. The average Bonchev–Trinajstić information content (AvgIpc) is 3.09. The van der Waals surface area contributed by atoms with Crippen molar-refractivity contribution in [2.75, 3.05) is 0 Å². The Morgan fingerprint density at radius 3 is 2.89 bits per heavy atom. The molecule has 1 aliphatic rings. The van der Waals surface area contributed by atoms with Crippen molar-refractivity contribution in [1.29, 1.82) is 0 Å². The molecule has 0 bridgehead atoms. The van der Waals surface area contributed by atoms with Gasteiger partial charge in [0, 0.05) is 29.9 Å². The van der Waals surface area contributed by atoms with Gasteiger partial charge in [0.15, 0.2) is 0 Å². The van der Waals surface area contributed by atoms with Crippen LogP contribution in [0.1, 0.15) is 30.6 Å². The lowest BCUT2D eigenvalue weighted by Gasteiger charge is -2.09. The van der Waals surface area contributed by atoms with Crippen LogP contribution in [-0.4, -0.2) is 16.0 Å². The maximum Gasteiger partial charge on any atom is 0.142 e. The van der Waals surface area contributed by atoms with Gasteiger partial charge in [-0.1, -0.05) is 18.9 Å². The summed E-state index contributed by atoms with van der Waals surface area (Å²) in [7, 11) is 0. The summed E-state index contributed by atoms with van der Waals surface area (Å²) in [5.41, 5.74) is 0.967. The van der Waals surface area contributed by atoms with Crippen LogP contribution in [0.2, 0.25) is 0 Å². The summed E-state index contributed by atoms with van der Waals surface area (Å²) in [6, 6.07) is 6.65. The zero-order chi connectivity index (χ0) is 12.2. The minimum atomic E-state index is 0.713. The summed E-state index contributed by atoms with van der Waals surface area (Å²) in [4.78, 5) is 10.1. The second-order valence-corrected chi connectivity index (χ2v) is 5.82. The van der Waals surface area contributed by atoms with Gasteiger partial charge in [-0.3, -0.25) is 4.98 Å². The SMILES string of the molecule is c1ccc(-c2ncc(CNC3CCCC3)s2)nc1. The van der Waals surface area contributed by atoms with E-state index in [2.05, 4.69) is 15.3 Å². The number of thiazole rings is 1. The van der Waals surface area contributed by atoms with E-state index in [4.69, 9.17) is 0 Å². The standard InChI is InChI=1S/C14H17N3S/c1-2-6-11(5-1)16-9-12-10-17-14(18-12)13-7-3-4-8-15-13/h3-4,7-8,10-11,16H,1-2,5-6,9H2. The summed E-state index contributed by atoms with van der Waals surface area (Å²) in [5.74, 6) is 0. The molecule has 0 atom stereocenters. The molecule has 2 aromatic heterocycles. The second kappa shape index (κ2) is 5.59. The van der Waals surface area contributed by atoms with Gasteiger partial charge in [0.2, 0.25) is 0 Å². The van der Waals surface area contributed by atoms with Gasteiger partial charge >= 0.3 is 0 Å². The van der Waals surface area contributed by atoms with Crippen LogP contribution in [0.5, 0.6) is 0 Å². The average molecular weight is 259 g/mol. The predicted molar refractivity (Wildman–Crippen MR) is 74.4 cm³/mol. The Morgan fingerprint density at radius 1 is 1.22 bits per heavy atom. The Morgan fingerprint density at radius 2 is 2.11 bits per heavy atom. The van der Waals surface area contributed by atoms with Crippen molar-refractivity contribution in [1.82, 2.24) is 15.3 Å². The van der Waals surface area contributed by atoms with Crippen LogP contribution in [0.4, 0.5) is 0 Å². The summed E-state index contributed by atoms with van der Waals surface area (Å²) in [5, 5.41) is 4.63. The molecule has 1 aliphatic carbocycles. The summed E-state index contributed by atoms with van der Waals surface area (Å²) < 4.78 is 0. The largest absolute Gasteiger partial charge is 0.309 e. The summed E-state index contributed by atoms with van der Waals surface area (Å²) in [6.45, 7) is 0.940. The van der Waals surface area contributed by atoms with Crippen molar-refractivity contribution in [2.45, 2.75) is 38.3 Å². The molecular weight excluding hydrogens is 242 g/mol. The van der Waals surface area contributed by atoms with Gasteiger partial charge in [-0.15, -0.1) is 11.3 Å². The monoisotopic (exact) mass is 259 g/mol. The van der Waals surface area contributed by atoms with E-state index in [0.29, 0.717) is 6.04 Å². The van der Waals surface area contributed by atoms with Gasteiger partial charge in [-0.25, -0.2) is 4.98 Å². The normalized spacial score (nSPS) is 16.2. The number of nitrogens with zero attached hydrogens (tertiary/aromatic N) is 2. The van der Waals surface area contributed by atoms with E-state index in [9.17, 15) is 0 Å². The van der Waals surface area contributed by atoms with E-state index in [1.165, 1.54) is 30.6 Å². The predicted octanol–water partition coefficient (Wildman–Crippen LogP) is 3.24. The zero-order valence-electron chi connectivity index (χ0n) is 10.3. The first-order valence-electron chi connectivity index (χ1n) is 6.51. The van der Waals surface area contributed by atoms with E-state index >= 15 is 0 Å². The van der Waals surface area contributed by atoms with E-state index in [1.807, 2.05) is 30.6 Å². The Kier molecular flexibility index (Phi) is 3.67. The molecule has 1 saturated carbocycles. The topological polar surface area (TPSA) is 37.8 Å². The lowest BCUT2D eigenvalue weighted by Crippen LogP contribution is -2.24. The molecule has 94 valence electrons. The number of nitrogens with one attached hydrogen (secondary N) is 1. The third-order valence-corrected chi connectivity index (χ3v) is 4.38. The van der Waals surface area contributed by atoms with Crippen LogP contribution >= 0.6 is 11.3 Å². The van der Waals surface area contributed by atoms with Crippen molar-refractivity contribution < 1.29 is 0 Å². The van der Waals surface area contributed by atoms with E-state index in [-0.39, 0.29) is 0 Å². The van der Waals surface area contributed by atoms with Crippen molar-refractivity contribution in [3.05, 3.63) is 35.5 Å². The number of hydrogen-bond donors (Lipinski definition) is 1. The van der Waals surface area contributed by atoms with Gasteiger partial charge in [-0.05, 0) is 25.0 Å². The van der Waals surface area contributed by atoms with Crippen LogP contribution in [0.3, 0.4) is 0 Å². The van der Waals surface area contributed by atoms with E-state index in [0.717, 1.165) is 17.2 Å². The van der Waals surface area contributed by atoms with Crippen molar-refractivity contribution in [2.24, 2.45) is 0 Å². The minimum absolute atomic E-state index is 0.713. The Hall–Kier alpha value is -1.26. The molecule has 0 aromatic carbocycles. The minimum Gasteiger partial charge on any atom is -0.309 e. The van der Waals surface area contributed by atoms with Crippen molar-refractivity contribution in [3.8, 4) is 10.7 Å². The van der Waals surface area contributed by atoms with Gasteiger partial charge in [0.1, 0.15) is 5.01 Å².